The first-order chi connectivity index (χ1) is 17.9. The quantitative estimate of drug-likeness (QED) is 0.352. The van der Waals surface area contributed by atoms with Gasteiger partial charge in [0.25, 0.3) is 5.56 Å². The van der Waals surface area contributed by atoms with Gasteiger partial charge < -0.3 is 14.5 Å². The van der Waals surface area contributed by atoms with Crippen molar-refractivity contribution in [2.45, 2.75) is 38.3 Å². The van der Waals surface area contributed by atoms with Crippen LogP contribution in [-0.4, -0.2) is 79.6 Å². The smallest absolute Gasteiger partial charge is 0.379 e. The first-order valence-corrected chi connectivity index (χ1v) is 11.4. The molecule has 1 amide bonds. The van der Waals surface area contributed by atoms with E-state index in [-0.39, 0.29) is 49.6 Å². The fourth-order valence-electron chi connectivity index (χ4n) is 4.10. The highest BCUT2D eigenvalue weighted by Crippen LogP contribution is 2.32. The predicted octanol–water partition coefficient (Wildman–Crippen LogP) is 2.09. The molecule has 1 saturated heterocycles. The molecule has 1 N–H and O–H groups in total. The Morgan fingerprint density at radius 1 is 1.08 bits per heavy atom. The van der Waals surface area contributed by atoms with Crippen molar-refractivity contribution < 1.29 is 35.9 Å². The van der Waals surface area contributed by atoms with E-state index in [0.717, 1.165) is 10.9 Å². The SMILES string of the molecule is CC1CN(c2ncc(C(F)(F)F)cn2)CCN1C(=O)CCOCCn1nc(C(F)(F)F)c2c(=O)[nH]ncc21. The van der Waals surface area contributed by atoms with Gasteiger partial charge in [-0.15, -0.1) is 0 Å². The highest BCUT2D eigenvalue weighted by atomic mass is 19.4. The predicted molar refractivity (Wildman–Crippen MR) is 119 cm³/mol. The van der Waals surface area contributed by atoms with Crippen molar-refractivity contribution in [2.75, 3.05) is 37.7 Å². The van der Waals surface area contributed by atoms with Gasteiger partial charge in [-0.25, -0.2) is 15.1 Å². The Balaban J connectivity index is 1.26. The van der Waals surface area contributed by atoms with Crippen LogP contribution in [0.3, 0.4) is 0 Å². The second kappa shape index (κ2) is 10.5. The summed E-state index contributed by atoms with van der Waals surface area (Å²) in [6.07, 6.45) is -6.86. The monoisotopic (exact) mass is 548 g/mol. The van der Waals surface area contributed by atoms with E-state index in [4.69, 9.17) is 4.74 Å². The summed E-state index contributed by atoms with van der Waals surface area (Å²) in [5, 5.41) is 8.36. The lowest BCUT2D eigenvalue weighted by Crippen LogP contribution is -2.54. The van der Waals surface area contributed by atoms with Crippen LogP contribution in [0.2, 0.25) is 0 Å². The number of amides is 1. The second-order valence-corrected chi connectivity index (χ2v) is 8.54. The van der Waals surface area contributed by atoms with Crippen LogP contribution in [0.15, 0.2) is 23.4 Å². The van der Waals surface area contributed by atoms with Crippen LogP contribution < -0.4 is 10.5 Å². The van der Waals surface area contributed by atoms with Crippen molar-refractivity contribution in [1.29, 1.82) is 0 Å². The number of nitrogens with one attached hydrogen (secondary N) is 1. The van der Waals surface area contributed by atoms with Gasteiger partial charge in [-0.05, 0) is 6.92 Å². The number of fused-ring (bicyclic) bond motifs is 1. The molecule has 1 unspecified atom stereocenters. The van der Waals surface area contributed by atoms with Gasteiger partial charge in [0.15, 0.2) is 5.69 Å². The normalized spacial score (nSPS) is 16.9. The fourth-order valence-corrected chi connectivity index (χ4v) is 4.10. The number of aromatic nitrogens is 6. The number of ether oxygens (including phenoxy) is 1. The number of carbonyl (C=O) groups excluding carboxylic acids is 1. The van der Waals surface area contributed by atoms with E-state index in [0.29, 0.717) is 32.0 Å². The van der Waals surface area contributed by atoms with Gasteiger partial charge >= 0.3 is 12.4 Å². The van der Waals surface area contributed by atoms with Crippen LogP contribution in [-0.2, 0) is 28.4 Å². The number of H-pyrrole nitrogens is 1. The van der Waals surface area contributed by atoms with Crippen LogP contribution in [0.25, 0.3) is 10.9 Å². The molecular formula is C21H22F6N8O3. The molecule has 4 heterocycles. The van der Waals surface area contributed by atoms with Gasteiger partial charge in [-0.2, -0.15) is 36.5 Å². The third-order valence-corrected chi connectivity index (χ3v) is 5.94. The maximum absolute atomic E-state index is 13.3. The average molecular weight is 548 g/mol. The van der Waals surface area contributed by atoms with Crippen LogP contribution in [0.5, 0.6) is 0 Å². The van der Waals surface area contributed by atoms with Gasteiger partial charge in [0, 0.05) is 38.1 Å². The Labute approximate surface area is 210 Å². The van der Waals surface area contributed by atoms with Crippen LogP contribution in [0, 0.1) is 0 Å². The lowest BCUT2D eigenvalue weighted by Gasteiger charge is -2.40. The molecular weight excluding hydrogens is 526 g/mol. The number of hydrogen-bond acceptors (Lipinski definition) is 8. The summed E-state index contributed by atoms with van der Waals surface area (Å²) in [6.45, 7) is 2.55. The molecule has 0 aliphatic carbocycles. The molecule has 1 atom stereocenters. The minimum atomic E-state index is -4.83. The van der Waals surface area contributed by atoms with Gasteiger partial charge in [0.05, 0.1) is 43.5 Å². The summed E-state index contributed by atoms with van der Waals surface area (Å²) in [5.41, 5.74) is -3.37. The van der Waals surface area contributed by atoms with Gasteiger partial charge in [0.1, 0.15) is 5.39 Å². The summed E-state index contributed by atoms with van der Waals surface area (Å²) in [6, 6.07) is -0.274. The molecule has 38 heavy (non-hydrogen) atoms. The summed E-state index contributed by atoms with van der Waals surface area (Å²) >= 11 is 0. The summed E-state index contributed by atoms with van der Waals surface area (Å²) in [7, 11) is 0. The van der Waals surface area contributed by atoms with Crippen molar-refractivity contribution in [1.82, 2.24) is 34.8 Å². The Kier molecular flexibility index (Phi) is 7.57. The third-order valence-electron chi connectivity index (χ3n) is 5.94. The number of nitrogens with zero attached hydrogens (tertiary/aromatic N) is 7. The molecule has 1 aliphatic rings. The highest BCUT2D eigenvalue weighted by Gasteiger charge is 2.38. The van der Waals surface area contributed by atoms with E-state index < -0.39 is 34.6 Å². The summed E-state index contributed by atoms with van der Waals surface area (Å²) < 4.78 is 84.3. The van der Waals surface area contributed by atoms with Crippen LogP contribution in [0.4, 0.5) is 32.3 Å². The number of anilines is 1. The van der Waals surface area contributed by atoms with E-state index in [1.807, 2.05) is 5.10 Å². The van der Waals surface area contributed by atoms with Gasteiger partial charge in [-0.3, -0.25) is 14.3 Å². The molecule has 4 rings (SSSR count). The van der Waals surface area contributed by atoms with E-state index in [9.17, 15) is 35.9 Å². The molecule has 0 bridgehead atoms. The first kappa shape index (κ1) is 27.3. The Morgan fingerprint density at radius 2 is 1.79 bits per heavy atom. The molecule has 11 nitrogen and oxygen atoms in total. The lowest BCUT2D eigenvalue weighted by molar-refractivity contribution is -0.140. The molecule has 17 heteroatoms. The van der Waals surface area contributed by atoms with E-state index in [2.05, 4.69) is 20.2 Å². The number of alkyl halides is 6. The molecule has 3 aromatic heterocycles. The molecule has 3 aromatic rings. The zero-order chi connectivity index (χ0) is 27.7. The largest absolute Gasteiger partial charge is 0.435 e. The first-order valence-electron chi connectivity index (χ1n) is 11.4. The minimum absolute atomic E-state index is 0.00204. The summed E-state index contributed by atoms with van der Waals surface area (Å²) in [4.78, 5) is 35.4. The second-order valence-electron chi connectivity index (χ2n) is 8.54. The fraction of sp³-hybridized carbons (Fsp3) is 0.524. The van der Waals surface area contributed by atoms with Crippen molar-refractivity contribution in [3.05, 3.63) is 40.2 Å². The van der Waals surface area contributed by atoms with Crippen molar-refractivity contribution >= 4 is 22.8 Å². The van der Waals surface area contributed by atoms with E-state index in [1.54, 1.807) is 16.7 Å². The van der Waals surface area contributed by atoms with Crippen LogP contribution >= 0.6 is 0 Å². The third kappa shape index (κ3) is 5.87. The van der Waals surface area contributed by atoms with Crippen LogP contribution in [0.1, 0.15) is 24.6 Å². The zero-order valence-corrected chi connectivity index (χ0v) is 19.9. The number of piperazine rings is 1. The topological polar surface area (TPSA) is 122 Å². The maximum Gasteiger partial charge on any atom is 0.435 e. The van der Waals surface area contributed by atoms with Gasteiger partial charge in [0.2, 0.25) is 11.9 Å². The molecule has 206 valence electrons. The van der Waals surface area contributed by atoms with Crippen molar-refractivity contribution in [2.24, 2.45) is 0 Å². The molecule has 0 radical (unpaired) electrons. The number of rotatable bonds is 7. The number of hydrogen-bond donors (Lipinski definition) is 1. The Hall–Kier alpha value is -3.76. The number of aromatic amines is 1. The molecule has 1 fully saturated rings. The summed E-state index contributed by atoms with van der Waals surface area (Å²) in [5.74, 6) is -0.0811. The molecule has 0 spiro atoms. The number of halogens is 6. The van der Waals surface area contributed by atoms with Crippen molar-refractivity contribution in [3.63, 3.8) is 0 Å². The Bertz CT molecular complexity index is 1340. The van der Waals surface area contributed by atoms with Gasteiger partial charge in [-0.1, -0.05) is 0 Å². The zero-order valence-electron chi connectivity index (χ0n) is 19.9. The standard InChI is InChI=1S/C21H22F6N8O3/c1-12-11-33(19-28-8-13(9-29-19)20(22,23)24)3-4-34(12)15(36)2-6-38-7-5-35-14-10-30-31-18(37)16(14)17(32-35)21(25,26)27/h8-10,12H,2-7,11H2,1H3,(H,31,37). The van der Waals surface area contributed by atoms with E-state index in [1.165, 1.54) is 0 Å². The molecule has 0 saturated carbocycles. The number of carbonyl (C=O) groups is 1. The molecule has 0 aromatic carbocycles. The van der Waals surface area contributed by atoms with Crippen molar-refractivity contribution in [3.8, 4) is 0 Å². The highest BCUT2D eigenvalue weighted by molar-refractivity contribution is 5.80. The minimum Gasteiger partial charge on any atom is -0.379 e. The lowest BCUT2D eigenvalue weighted by atomic mass is 10.2. The molecule has 1 aliphatic heterocycles. The Morgan fingerprint density at radius 3 is 2.42 bits per heavy atom. The maximum atomic E-state index is 13.3. The van der Waals surface area contributed by atoms with E-state index >= 15 is 0 Å². The average Bonchev–Trinajstić information content (AvgIpc) is 3.24.